The second-order valence-corrected chi connectivity index (χ2v) is 12.9. The Morgan fingerprint density at radius 3 is 2.44 bits per heavy atom. The predicted molar refractivity (Wildman–Crippen MR) is 167 cm³/mol. The molecular formula is C30H40F2N8O2S. The quantitative estimate of drug-likeness (QED) is 0.291. The van der Waals surface area contributed by atoms with Crippen molar-refractivity contribution in [3.63, 3.8) is 0 Å². The van der Waals surface area contributed by atoms with E-state index in [9.17, 15) is 13.6 Å². The number of carbonyl (C=O) groups is 1. The molecule has 0 spiro atoms. The third-order valence-electron chi connectivity index (χ3n) is 8.15. The van der Waals surface area contributed by atoms with Crippen LogP contribution in [-0.2, 0) is 0 Å². The van der Waals surface area contributed by atoms with Gasteiger partial charge in [-0.25, -0.2) is 4.98 Å². The van der Waals surface area contributed by atoms with Crippen molar-refractivity contribution in [2.75, 3.05) is 54.8 Å². The fraction of sp³-hybridized carbons (Fsp3) is 0.500. The molecule has 2 aliphatic heterocycles. The van der Waals surface area contributed by atoms with Gasteiger partial charge >= 0.3 is 6.61 Å². The maximum atomic E-state index is 13.5. The van der Waals surface area contributed by atoms with Gasteiger partial charge in [-0.15, -0.1) is 11.3 Å². The second kappa shape index (κ2) is 13.0. The van der Waals surface area contributed by atoms with Gasteiger partial charge in [0.2, 0.25) is 5.95 Å². The maximum Gasteiger partial charge on any atom is 0.387 e. The zero-order chi connectivity index (χ0) is 30.7. The lowest BCUT2D eigenvalue weighted by atomic mass is 10.00. The molecule has 13 heteroatoms. The van der Waals surface area contributed by atoms with Gasteiger partial charge in [0.05, 0.1) is 11.4 Å². The molecule has 232 valence electrons. The number of primary amides is 1. The van der Waals surface area contributed by atoms with E-state index in [-0.39, 0.29) is 17.2 Å². The first kappa shape index (κ1) is 30.9. The Labute approximate surface area is 255 Å². The van der Waals surface area contributed by atoms with E-state index in [2.05, 4.69) is 56.1 Å². The first-order chi connectivity index (χ1) is 20.5. The van der Waals surface area contributed by atoms with Crippen LogP contribution >= 0.6 is 11.3 Å². The number of alkyl halides is 2. The Hall–Kier alpha value is -3.55. The number of nitrogens with two attached hydrogens (primary N) is 1. The smallest absolute Gasteiger partial charge is 0.387 e. The molecule has 0 bridgehead atoms. The van der Waals surface area contributed by atoms with E-state index in [4.69, 9.17) is 10.5 Å². The summed E-state index contributed by atoms with van der Waals surface area (Å²) < 4.78 is 31.8. The molecule has 2 fully saturated rings. The molecule has 10 nitrogen and oxygen atoms in total. The first-order valence-electron chi connectivity index (χ1n) is 14.6. The van der Waals surface area contributed by atoms with Crippen LogP contribution in [0.5, 0.6) is 5.75 Å². The van der Waals surface area contributed by atoms with Crippen molar-refractivity contribution >= 4 is 46.1 Å². The van der Waals surface area contributed by atoms with Crippen LogP contribution in [-0.4, -0.2) is 83.1 Å². The number of nitrogens with one attached hydrogen (secondary N) is 2. The number of piperidine rings is 1. The van der Waals surface area contributed by atoms with E-state index >= 15 is 0 Å². The Kier molecular flexibility index (Phi) is 9.33. The second-order valence-electron chi connectivity index (χ2n) is 12.0. The molecule has 0 saturated carbocycles. The van der Waals surface area contributed by atoms with Crippen LogP contribution in [0.4, 0.5) is 37.6 Å². The van der Waals surface area contributed by atoms with Crippen molar-refractivity contribution in [3.8, 4) is 5.75 Å². The summed E-state index contributed by atoms with van der Waals surface area (Å²) in [5.74, 6) is 0.109. The molecule has 0 radical (unpaired) electrons. The highest BCUT2D eigenvalue weighted by atomic mass is 32.1. The van der Waals surface area contributed by atoms with Gasteiger partial charge in [0.25, 0.3) is 5.91 Å². The summed E-state index contributed by atoms with van der Waals surface area (Å²) in [6, 6.07) is 7.54. The molecule has 1 aromatic carbocycles. The molecule has 0 unspecified atom stereocenters. The SMILES string of the molecule is Cc1cnc(Nc2ccc(N3CCC(N4CCN(C(C)(C)C)CC4)CC3)cc2OC(F)F)nc1Nc1ccsc1C(N)=O. The monoisotopic (exact) mass is 614 g/mol. The Morgan fingerprint density at radius 2 is 1.79 bits per heavy atom. The molecule has 1 amide bonds. The molecular weight excluding hydrogens is 574 g/mol. The van der Waals surface area contributed by atoms with Crippen molar-refractivity contribution in [1.29, 1.82) is 0 Å². The fourth-order valence-electron chi connectivity index (χ4n) is 5.73. The van der Waals surface area contributed by atoms with E-state index in [1.165, 1.54) is 11.3 Å². The number of amides is 1. The Balaban J connectivity index is 1.26. The highest BCUT2D eigenvalue weighted by Crippen LogP contribution is 2.35. The van der Waals surface area contributed by atoms with Crippen molar-refractivity contribution in [2.24, 2.45) is 5.73 Å². The van der Waals surface area contributed by atoms with Crippen LogP contribution in [0.1, 0.15) is 48.8 Å². The van der Waals surface area contributed by atoms with E-state index in [0.29, 0.717) is 28.1 Å². The average Bonchev–Trinajstić information content (AvgIpc) is 3.44. The molecule has 2 saturated heterocycles. The Bertz CT molecular complexity index is 1410. The van der Waals surface area contributed by atoms with E-state index in [1.54, 1.807) is 29.8 Å². The number of benzene rings is 1. The number of hydrogen-bond donors (Lipinski definition) is 3. The number of carbonyl (C=O) groups excluding carboxylic acids is 1. The number of ether oxygens (including phenoxy) is 1. The molecule has 4 N–H and O–H groups in total. The third kappa shape index (κ3) is 7.51. The number of hydrogen-bond acceptors (Lipinski definition) is 10. The van der Waals surface area contributed by atoms with Crippen LogP contribution in [0.15, 0.2) is 35.8 Å². The van der Waals surface area contributed by atoms with Crippen LogP contribution in [0.25, 0.3) is 0 Å². The van der Waals surface area contributed by atoms with E-state index in [0.717, 1.165) is 63.4 Å². The number of nitrogens with zero attached hydrogens (tertiary/aromatic N) is 5. The molecule has 3 aromatic rings. The van der Waals surface area contributed by atoms with Crippen LogP contribution in [0.2, 0.25) is 0 Å². The number of piperazine rings is 1. The zero-order valence-electron chi connectivity index (χ0n) is 25.1. The fourth-order valence-corrected chi connectivity index (χ4v) is 6.43. The summed E-state index contributed by atoms with van der Waals surface area (Å²) in [5.41, 5.74) is 8.08. The number of aromatic nitrogens is 2. The van der Waals surface area contributed by atoms with Gasteiger partial charge in [0.1, 0.15) is 10.7 Å². The van der Waals surface area contributed by atoms with E-state index in [1.807, 2.05) is 13.0 Å². The van der Waals surface area contributed by atoms with Crippen molar-refractivity contribution in [3.05, 3.63) is 46.3 Å². The molecule has 4 heterocycles. The van der Waals surface area contributed by atoms with Gasteiger partial charge in [-0.1, -0.05) is 0 Å². The average molecular weight is 615 g/mol. The largest absolute Gasteiger partial charge is 0.433 e. The maximum absolute atomic E-state index is 13.5. The summed E-state index contributed by atoms with van der Waals surface area (Å²) in [6.45, 7) is 11.6. The number of rotatable bonds is 9. The minimum atomic E-state index is -2.99. The topological polar surface area (TPSA) is 112 Å². The lowest BCUT2D eigenvalue weighted by molar-refractivity contribution is -0.0493. The number of aryl methyl sites for hydroxylation is 1. The van der Waals surface area contributed by atoms with Gasteiger partial charge in [0.15, 0.2) is 5.75 Å². The first-order valence-corrected chi connectivity index (χ1v) is 15.4. The van der Waals surface area contributed by atoms with Gasteiger partial charge in [-0.05, 0) is 64.1 Å². The summed E-state index contributed by atoms with van der Waals surface area (Å²) in [4.78, 5) is 28.3. The zero-order valence-corrected chi connectivity index (χ0v) is 25.9. The molecule has 2 aliphatic rings. The minimum absolute atomic E-state index is 0.0143. The van der Waals surface area contributed by atoms with Crippen LogP contribution in [0, 0.1) is 6.92 Å². The number of anilines is 5. The lowest BCUT2D eigenvalue weighted by Gasteiger charge is -2.46. The van der Waals surface area contributed by atoms with Gasteiger partial charge in [-0.3, -0.25) is 14.6 Å². The molecule has 0 aliphatic carbocycles. The summed E-state index contributed by atoms with van der Waals surface area (Å²) in [6.07, 6.45) is 3.65. The molecule has 2 aromatic heterocycles. The van der Waals surface area contributed by atoms with Gasteiger partial charge < -0.3 is 26.0 Å². The highest BCUT2D eigenvalue weighted by molar-refractivity contribution is 7.12. The molecule has 5 rings (SSSR count). The van der Waals surface area contributed by atoms with Crippen molar-refractivity contribution in [2.45, 2.75) is 58.7 Å². The third-order valence-corrected chi connectivity index (χ3v) is 9.08. The summed E-state index contributed by atoms with van der Waals surface area (Å²) >= 11 is 1.23. The number of thiophene rings is 1. The number of halogens is 2. The molecule has 0 atom stereocenters. The predicted octanol–water partition coefficient (Wildman–Crippen LogP) is 5.42. The normalized spacial score (nSPS) is 17.3. The standard InChI is InChI=1S/C30H40F2N8O2S/c1-19-18-34-29(37-27(19)35-23-9-16-43-25(23)26(33)41)36-22-6-5-21(17-24(22)42-28(31)32)38-10-7-20(8-11-38)39-12-14-40(15-13-39)30(2,3)4/h5-6,9,16-18,20,28H,7-8,10-15H2,1-4H3,(H2,33,41)(H2,34,35,36,37). The van der Waals surface area contributed by atoms with Gasteiger partial charge in [0, 0.05) is 74.4 Å². The van der Waals surface area contributed by atoms with Crippen LogP contribution < -0.4 is 26.0 Å². The van der Waals surface area contributed by atoms with E-state index < -0.39 is 12.5 Å². The lowest BCUT2D eigenvalue weighted by Crippen LogP contribution is -2.57. The van der Waals surface area contributed by atoms with Gasteiger partial charge in [-0.2, -0.15) is 13.8 Å². The Morgan fingerprint density at radius 1 is 1.07 bits per heavy atom. The van der Waals surface area contributed by atoms with Crippen molar-refractivity contribution in [1.82, 2.24) is 19.8 Å². The highest BCUT2D eigenvalue weighted by Gasteiger charge is 2.31. The summed E-state index contributed by atoms with van der Waals surface area (Å²) in [5, 5.41) is 7.89. The molecule has 43 heavy (non-hydrogen) atoms. The van der Waals surface area contributed by atoms with Crippen molar-refractivity contribution < 1.29 is 18.3 Å². The van der Waals surface area contributed by atoms with Crippen LogP contribution in [0.3, 0.4) is 0 Å². The minimum Gasteiger partial charge on any atom is -0.433 e. The summed E-state index contributed by atoms with van der Waals surface area (Å²) in [7, 11) is 0.